The molecule has 24 heavy (non-hydrogen) atoms. The molecule has 146 valence electrons. The molecule has 0 saturated carbocycles. The van der Waals surface area contributed by atoms with E-state index in [0.717, 1.165) is 19.1 Å². The second kappa shape index (κ2) is 21.0. The summed E-state index contributed by atoms with van der Waals surface area (Å²) >= 11 is 0. The van der Waals surface area contributed by atoms with E-state index in [4.69, 9.17) is 10.5 Å². The Balaban J connectivity index is 3.63. The van der Waals surface area contributed by atoms with Crippen LogP contribution in [-0.2, 0) is 4.74 Å². The van der Waals surface area contributed by atoms with E-state index in [1.165, 1.54) is 103 Å². The zero-order chi connectivity index (χ0) is 17.7. The first-order valence-electron chi connectivity index (χ1n) is 11.1. The molecule has 0 aliphatic heterocycles. The molecular formula is C22H47NO. The van der Waals surface area contributed by atoms with Crippen LogP contribution in [0.4, 0.5) is 0 Å². The Kier molecular flexibility index (Phi) is 20.9. The average molecular weight is 342 g/mol. The van der Waals surface area contributed by atoms with Crippen molar-refractivity contribution in [3.63, 3.8) is 0 Å². The molecule has 1 unspecified atom stereocenters. The lowest BCUT2D eigenvalue weighted by Gasteiger charge is -2.17. The number of hydrogen-bond donors (Lipinski definition) is 1. The number of hydrogen-bond acceptors (Lipinski definition) is 2. The van der Waals surface area contributed by atoms with Crippen LogP contribution in [-0.4, -0.2) is 19.8 Å². The van der Waals surface area contributed by atoms with Gasteiger partial charge < -0.3 is 10.5 Å². The quantitative estimate of drug-likeness (QED) is 0.245. The Hall–Kier alpha value is -0.0800. The molecule has 0 amide bonds. The highest BCUT2D eigenvalue weighted by atomic mass is 16.5. The van der Waals surface area contributed by atoms with Crippen molar-refractivity contribution in [3.05, 3.63) is 0 Å². The van der Waals surface area contributed by atoms with Crippen molar-refractivity contribution >= 4 is 0 Å². The van der Waals surface area contributed by atoms with E-state index < -0.39 is 0 Å². The van der Waals surface area contributed by atoms with Gasteiger partial charge in [-0.25, -0.2) is 0 Å². The molecule has 0 aromatic carbocycles. The summed E-state index contributed by atoms with van der Waals surface area (Å²) in [6.07, 6.45) is 22.4. The highest BCUT2D eigenvalue weighted by molar-refractivity contribution is 4.61. The van der Waals surface area contributed by atoms with Crippen LogP contribution in [0.1, 0.15) is 117 Å². The normalized spacial score (nSPS) is 12.6. The van der Waals surface area contributed by atoms with Gasteiger partial charge in [-0.3, -0.25) is 0 Å². The van der Waals surface area contributed by atoms with Crippen LogP contribution in [0.15, 0.2) is 0 Å². The topological polar surface area (TPSA) is 35.2 Å². The van der Waals surface area contributed by atoms with Gasteiger partial charge in [0.2, 0.25) is 0 Å². The van der Waals surface area contributed by atoms with E-state index in [9.17, 15) is 0 Å². The number of ether oxygens (including phenoxy) is 1. The predicted molar refractivity (Wildman–Crippen MR) is 109 cm³/mol. The van der Waals surface area contributed by atoms with Crippen LogP contribution < -0.4 is 5.73 Å². The van der Waals surface area contributed by atoms with Crippen LogP contribution in [0.3, 0.4) is 0 Å². The molecule has 1 atom stereocenters. The molecule has 2 nitrogen and oxygen atoms in total. The Labute approximate surface area is 153 Å². The lowest BCUT2D eigenvalue weighted by Crippen LogP contribution is -2.15. The molecule has 0 aromatic heterocycles. The third-order valence-electron chi connectivity index (χ3n) is 5.05. The summed E-state index contributed by atoms with van der Waals surface area (Å²) < 4.78 is 5.74. The summed E-state index contributed by atoms with van der Waals surface area (Å²) in [6.45, 7) is 6.89. The van der Waals surface area contributed by atoms with Crippen molar-refractivity contribution in [1.82, 2.24) is 0 Å². The van der Waals surface area contributed by atoms with Gasteiger partial charge in [-0.15, -0.1) is 0 Å². The predicted octanol–water partition coefficient (Wildman–Crippen LogP) is 6.86. The van der Waals surface area contributed by atoms with Gasteiger partial charge in [0.05, 0.1) is 6.61 Å². The fourth-order valence-corrected chi connectivity index (χ4v) is 3.42. The highest BCUT2D eigenvalue weighted by Crippen LogP contribution is 2.20. The van der Waals surface area contributed by atoms with Crippen LogP contribution in [0.5, 0.6) is 0 Å². The zero-order valence-corrected chi connectivity index (χ0v) is 17.0. The number of unbranched alkanes of at least 4 members (excludes halogenated alkanes) is 12. The van der Waals surface area contributed by atoms with E-state index in [2.05, 4.69) is 13.8 Å². The van der Waals surface area contributed by atoms with Crippen molar-refractivity contribution in [2.45, 2.75) is 117 Å². The second-order valence-electron chi connectivity index (χ2n) is 7.55. The number of nitrogens with two attached hydrogens (primary N) is 1. The van der Waals surface area contributed by atoms with Gasteiger partial charge in [0, 0.05) is 13.2 Å². The summed E-state index contributed by atoms with van der Waals surface area (Å²) in [5.74, 6) is 0.766. The van der Waals surface area contributed by atoms with Crippen LogP contribution in [0.2, 0.25) is 0 Å². The maximum absolute atomic E-state index is 5.74. The van der Waals surface area contributed by atoms with Crippen molar-refractivity contribution in [3.8, 4) is 0 Å². The largest absolute Gasteiger partial charge is 0.380 e. The smallest absolute Gasteiger partial charge is 0.0588 e. The molecule has 0 saturated heterocycles. The van der Waals surface area contributed by atoms with Gasteiger partial charge >= 0.3 is 0 Å². The molecule has 0 radical (unpaired) electrons. The summed E-state index contributed by atoms with van der Waals surface area (Å²) in [7, 11) is 0. The first-order valence-corrected chi connectivity index (χ1v) is 11.1. The van der Waals surface area contributed by atoms with E-state index >= 15 is 0 Å². The zero-order valence-electron chi connectivity index (χ0n) is 17.0. The van der Waals surface area contributed by atoms with Crippen LogP contribution in [0, 0.1) is 5.92 Å². The minimum absolute atomic E-state index is 0.654. The molecule has 0 aliphatic carbocycles. The third-order valence-corrected chi connectivity index (χ3v) is 5.05. The summed E-state index contributed by atoms with van der Waals surface area (Å²) in [6, 6.07) is 0. The Bertz CT molecular complexity index is 220. The van der Waals surface area contributed by atoms with E-state index in [-0.39, 0.29) is 0 Å². The molecule has 0 aliphatic rings. The Morgan fingerprint density at radius 2 is 1.04 bits per heavy atom. The van der Waals surface area contributed by atoms with Crippen molar-refractivity contribution in [2.24, 2.45) is 11.7 Å². The maximum Gasteiger partial charge on any atom is 0.0588 e. The van der Waals surface area contributed by atoms with Crippen LogP contribution in [0.25, 0.3) is 0 Å². The number of rotatable bonds is 20. The summed E-state index contributed by atoms with van der Waals surface area (Å²) in [5, 5.41) is 0. The molecule has 0 heterocycles. The lowest BCUT2D eigenvalue weighted by molar-refractivity contribution is 0.0966. The van der Waals surface area contributed by atoms with Gasteiger partial charge in [0.25, 0.3) is 0 Å². The standard InChI is InChI=1S/C22H47NO/c1-3-5-7-9-11-12-14-16-18-22(21-24-20-19-23)17-15-13-10-8-6-4-2/h22H,3-21,23H2,1-2H3. The van der Waals surface area contributed by atoms with Crippen molar-refractivity contribution in [2.75, 3.05) is 19.8 Å². The molecule has 0 spiro atoms. The maximum atomic E-state index is 5.74. The van der Waals surface area contributed by atoms with Crippen molar-refractivity contribution < 1.29 is 4.74 Å². The minimum Gasteiger partial charge on any atom is -0.380 e. The Morgan fingerprint density at radius 1 is 0.625 bits per heavy atom. The molecule has 0 rings (SSSR count). The summed E-state index contributed by atoms with van der Waals surface area (Å²) in [5.41, 5.74) is 5.55. The Morgan fingerprint density at radius 3 is 1.46 bits per heavy atom. The van der Waals surface area contributed by atoms with Gasteiger partial charge in [-0.1, -0.05) is 104 Å². The third kappa shape index (κ3) is 18.3. The lowest BCUT2D eigenvalue weighted by atomic mass is 9.94. The van der Waals surface area contributed by atoms with Gasteiger partial charge in [0.1, 0.15) is 0 Å². The molecule has 0 fully saturated rings. The van der Waals surface area contributed by atoms with Gasteiger partial charge in [-0.2, -0.15) is 0 Å². The average Bonchev–Trinajstić information content (AvgIpc) is 2.59. The van der Waals surface area contributed by atoms with E-state index in [0.29, 0.717) is 6.54 Å². The molecule has 0 bridgehead atoms. The van der Waals surface area contributed by atoms with E-state index in [1.54, 1.807) is 0 Å². The molecule has 0 aromatic rings. The van der Waals surface area contributed by atoms with Crippen LogP contribution >= 0.6 is 0 Å². The monoisotopic (exact) mass is 341 g/mol. The SMILES string of the molecule is CCCCCCCCCCC(CCCCCCCC)COCCN. The second-order valence-corrected chi connectivity index (χ2v) is 7.55. The first-order chi connectivity index (χ1) is 11.8. The highest BCUT2D eigenvalue weighted by Gasteiger charge is 2.09. The molecule has 2 heteroatoms. The molecule has 2 N–H and O–H groups in total. The van der Waals surface area contributed by atoms with Gasteiger partial charge in [0.15, 0.2) is 0 Å². The van der Waals surface area contributed by atoms with E-state index in [1.807, 2.05) is 0 Å². The first kappa shape index (κ1) is 23.9. The minimum atomic E-state index is 0.654. The summed E-state index contributed by atoms with van der Waals surface area (Å²) in [4.78, 5) is 0. The molecular weight excluding hydrogens is 294 g/mol. The van der Waals surface area contributed by atoms with Crippen molar-refractivity contribution in [1.29, 1.82) is 0 Å². The fourth-order valence-electron chi connectivity index (χ4n) is 3.42. The van der Waals surface area contributed by atoms with Gasteiger partial charge in [-0.05, 0) is 18.8 Å². The fraction of sp³-hybridized carbons (Fsp3) is 1.00.